The van der Waals surface area contributed by atoms with Crippen LogP contribution in [-0.2, 0) is 10.8 Å². The zero-order valence-electron chi connectivity index (χ0n) is 13.4. The van der Waals surface area contributed by atoms with Crippen LogP contribution in [0.2, 0.25) is 0 Å². The maximum Gasteiger partial charge on any atom is 0.136 e. The van der Waals surface area contributed by atoms with Gasteiger partial charge in [-0.1, -0.05) is 42.5 Å². The Morgan fingerprint density at radius 2 is 1.68 bits per heavy atom. The van der Waals surface area contributed by atoms with Crippen molar-refractivity contribution in [2.24, 2.45) is 0 Å². The largest absolute Gasteiger partial charge is 0.484 e. The van der Waals surface area contributed by atoms with Crippen molar-refractivity contribution in [3.8, 4) is 5.75 Å². The summed E-state index contributed by atoms with van der Waals surface area (Å²) in [6.45, 7) is 0.928. The SMILES string of the molecule is CN(C)CC[C@@H](Oc1ccccc1S(C)=O)c1ccccc1. The van der Waals surface area contributed by atoms with E-state index in [0.717, 1.165) is 23.4 Å². The first-order valence-corrected chi connectivity index (χ1v) is 8.92. The van der Waals surface area contributed by atoms with Crippen molar-refractivity contribution >= 4 is 10.8 Å². The minimum Gasteiger partial charge on any atom is -0.484 e. The van der Waals surface area contributed by atoms with Crippen LogP contribution in [0.4, 0.5) is 0 Å². The van der Waals surface area contributed by atoms with Gasteiger partial charge in [-0.3, -0.25) is 4.21 Å². The summed E-state index contributed by atoms with van der Waals surface area (Å²) in [4.78, 5) is 2.89. The van der Waals surface area contributed by atoms with Crippen molar-refractivity contribution < 1.29 is 8.95 Å². The average molecular weight is 317 g/mol. The molecule has 4 heteroatoms. The number of hydrogen-bond donors (Lipinski definition) is 0. The molecule has 0 bridgehead atoms. The van der Waals surface area contributed by atoms with E-state index in [0.29, 0.717) is 5.75 Å². The lowest BCUT2D eigenvalue weighted by Gasteiger charge is -2.22. The van der Waals surface area contributed by atoms with Gasteiger partial charge < -0.3 is 9.64 Å². The highest BCUT2D eigenvalue weighted by Crippen LogP contribution is 2.29. The molecule has 0 radical (unpaired) electrons. The molecule has 22 heavy (non-hydrogen) atoms. The summed E-state index contributed by atoms with van der Waals surface area (Å²) >= 11 is 0. The van der Waals surface area contributed by atoms with Crippen molar-refractivity contribution in [3.63, 3.8) is 0 Å². The van der Waals surface area contributed by atoms with Crippen LogP contribution in [0.5, 0.6) is 5.75 Å². The summed E-state index contributed by atoms with van der Waals surface area (Å²) < 4.78 is 18.1. The molecule has 0 N–H and O–H groups in total. The van der Waals surface area contributed by atoms with Crippen molar-refractivity contribution in [1.82, 2.24) is 4.90 Å². The number of benzene rings is 2. The van der Waals surface area contributed by atoms with E-state index >= 15 is 0 Å². The van der Waals surface area contributed by atoms with Crippen LogP contribution in [0.1, 0.15) is 18.1 Å². The van der Waals surface area contributed by atoms with Crippen LogP contribution in [0.3, 0.4) is 0 Å². The number of ether oxygens (including phenoxy) is 1. The van der Waals surface area contributed by atoms with Gasteiger partial charge >= 0.3 is 0 Å². The summed E-state index contributed by atoms with van der Waals surface area (Å²) in [5.74, 6) is 0.705. The first kappa shape index (κ1) is 16.7. The maximum absolute atomic E-state index is 11.9. The third kappa shape index (κ3) is 4.68. The molecule has 118 valence electrons. The van der Waals surface area contributed by atoms with E-state index in [2.05, 4.69) is 31.1 Å². The molecule has 2 atom stereocenters. The number of hydrogen-bond acceptors (Lipinski definition) is 3. The monoisotopic (exact) mass is 317 g/mol. The Balaban J connectivity index is 2.25. The molecular weight excluding hydrogens is 294 g/mol. The second kappa shape index (κ2) is 8.11. The molecule has 0 aromatic heterocycles. The molecule has 1 unspecified atom stereocenters. The predicted molar refractivity (Wildman–Crippen MR) is 91.8 cm³/mol. The minimum atomic E-state index is -1.06. The molecule has 2 aromatic rings. The molecule has 3 nitrogen and oxygen atoms in total. The van der Waals surface area contributed by atoms with Crippen LogP contribution >= 0.6 is 0 Å². The molecule has 0 aliphatic rings. The van der Waals surface area contributed by atoms with Crippen LogP contribution in [0.25, 0.3) is 0 Å². The first-order chi connectivity index (χ1) is 10.6. The molecule has 0 heterocycles. The van der Waals surface area contributed by atoms with Gasteiger partial charge in [-0.25, -0.2) is 0 Å². The maximum atomic E-state index is 11.9. The van der Waals surface area contributed by atoms with Gasteiger partial charge in [-0.15, -0.1) is 0 Å². The Bertz CT molecular complexity index is 613. The topological polar surface area (TPSA) is 29.5 Å². The second-order valence-electron chi connectivity index (χ2n) is 5.51. The van der Waals surface area contributed by atoms with Gasteiger partial charge in [0.05, 0.1) is 15.7 Å². The standard InChI is InChI=1S/C18H23NO2S/c1-19(2)14-13-16(15-9-5-4-6-10-15)21-17-11-7-8-12-18(17)22(3)20/h4-12,16H,13-14H2,1-3H3/t16-,22?/m1/s1. The Morgan fingerprint density at radius 1 is 1.05 bits per heavy atom. The number of para-hydroxylation sites is 1. The summed E-state index contributed by atoms with van der Waals surface area (Å²) in [6.07, 6.45) is 2.51. The summed E-state index contributed by atoms with van der Waals surface area (Å²) in [7, 11) is 3.04. The van der Waals surface area contributed by atoms with Crippen molar-refractivity contribution in [1.29, 1.82) is 0 Å². The van der Waals surface area contributed by atoms with E-state index in [1.165, 1.54) is 0 Å². The smallest absolute Gasteiger partial charge is 0.136 e. The lowest BCUT2D eigenvalue weighted by Crippen LogP contribution is -2.19. The highest BCUT2D eigenvalue weighted by Gasteiger charge is 2.16. The third-order valence-corrected chi connectivity index (χ3v) is 4.39. The van der Waals surface area contributed by atoms with Crippen molar-refractivity contribution in [2.75, 3.05) is 26.9 Å². The Kier molecular flexibility index (Phi) is 6.16. The quantitative estimate of drug-likeness (QED) is 0.783. The highest BCUT2D eigenvalue weighted by molar-refractivity contribution is 7.84. The molecule has 0 saturated heterocycles. The Labute approximate surface area is 135 Å². The van der Waals surface area contributed by atoms with Crippen molar-refractivity contribution in [3.05, 3.63) is 60.2 Å². The van der Waals surface area contributed by atoms with E-state index < -0.39 is 10.8 Å². The lowest BCUT2D eigenvalue weighted by atomic mass is 10.1. The third-order valence-electron chi connectivity index (χ3n) is 3.44. The van der Waals surface area contributed by atoms with E-state index in [1.807, 2.05) is 42.5 Å². The van der Waals surface area contributed by atoms with E-state index in [4.69, 9.17) is 4.74 Å². The molecule has 2 rings (SSSR count). The summed E-state index contributed by atoms with van der Waals surface area (Å²) in [5, 5.41) is 0. The van der Waals surface area contributed by atoms with Gasteiger partial charge in [0.15, 0.2) is 0 Å². The van der Waals surface area contributed by atoms with Crippen LogP contribution in [0, 0.1) is 0 Å². The Hall–Kier alpha value is -1.65. The van der Waals surface area contributed by atoms with Gasteiger partial charge in [-0.2, -0.15) is 0 Å². The number of nitrogens with zero attached hydrogens (tertiary/aromatic N) is 1. The van der Waals surface area contributed by atoms with Gasteiger partial charge in [-0.05, 0) is 31.8 Å². The molecule has 0 aliphatic carbocycles. The molecule has 0 amide bonds. The highest BCUT2D eigenvalue weighted by atomic mass is 32.2. The fourth-order valence-electron chi connectivity index (χ4n) is 2.28. The van der Waals surface area contributed by atoms with Gasteiger partial charge in [0.25, 0.3) is 0 Å². The average Bonchev–Trinajstić information content (AvgIpc) is 2.52. The molecule has 2 aromatic carbocycles. The minimum absolute atomic E-state index is 0.0479. The van der Waals surface area contributed by atoms with Gasteiger partial charge in [0, 0.05) is 19.2 Å². The van der Waals surface area contributed by atoms with Crippen LogP contribution < -0.4 is 4.74 Å². The van der Waals surface area contributed by atoms with E-state index in [-0.39, 0.29) is 6.10 Å². The summed E-state index contributed by atoms with van der Waals surface area (Å²) in [5.41, 5.74) is 1.14. The Morgan fingerprint density at radius 3 is 2.32 bits per heavy atom. The second-order valence-corrected chi connectivity index (χ2v) is 6.86. The summed E-state index contributed by atoms with van der Waals surface area (Å²) in [6, 6.07) is 17.7. The normalized spacial score (nSPS) is 13.8. The predicted octanol–water partition coefficient (Wildman–Crippen LogP) is 3.50. The molecule has 0 spiro atoms. The first-order valence-electron chi connectivity index (χ1n) is 7.36. The van der Waals surface area contributed by atoms with Gasteiger partial charge in [0.2, 0.25) is 0 Å². The van der Waals surface area contributed by atoms with Crippen molar-refractivity contribution in [2.45, 2.75) is 17.4 Å². The van der Waals surface area contributed by atoms with Crippen LogP contribution in [-0.4, -0.2) is 36.0 Å². The van der Waals surface area contributed by atoms with E-state index in [1.54, 1.807) is 6.26 Å². The lowest BCUT2D eigenvalue weighted by molar-refractivity contribution is 0.175. The molecular formula is C18H23NO2S. The zero-order chi connectivity index (χ0) is 15.9. The zero-order valence-corrected chi connectivity index (χ0v) is 14.2. The van der Waals surface area contributed by atoms with Crippen LogP contribution in [0.15, 0.2) is 59.5 Å². The molecule has 0 saturated carbocycles. The molecule has 0 fully saturated rings. The van der Waals surface area contributed by atoms with Gasteiger partial charge in [0.1, 0.15) is 11.9 Å². The number of rotatable bonds is 7. The fourth-order valence-corrected chi connectivity index (χ4v) is 2.94. The molecule has 0 aliphatic heterocycles. The fraction of sp³-hybridized carbons (Fsp3) is 0.333. The van der Waals surface area contributed by atoms with E-state index in [9.17, 15) is 4.21 Å².